The van der Waals surface area contributed by atoms with Crippen molar-refractivity contribution in [2.75, 3.05) is 0 Å². The van der Waals surface area contributed by atoms with Gasteiger partial charge < -0.3 is 98.6 Å². The maximum Gasteiger partial charge on any atom is 3.00 e. The van der Waals surface area contributed by atoms with Crippen LogP contribution in [0.2, 0.25) is 0 Å². The fourth-order valence-electron chi connectivity index (χ4n) is 0. The molecular formula is Al11LaO18. The van der Waals surface area contributed by atoms with Gasteiger partial charge in [0.2, 0.25) is 0 Å². The van der Waals surface area contributed by atoms with Crippen LogP contribution < -0.4 is 0 Å². The van der Waals surface area contributed by atoms with Gasteiger partial charge in [-0.25, -0.2) is 0 Å². The summed E-state index contributed by atoms with van der Waals surface area (Å²) in [5, 5.41) is 0. The summed E-state index contributed by atoms with van der Waals surface area (Å²) < 4.78 is 0. The first-order valence-electron chi connectivity index (χ1n) is 0. The van der Waals surface area contributed by atoms with Crippen LogP contribution in [0.1, 0.15) is 0 Å². The maximum atomic E-state index is 0. The van der Waals surface area contributed by atoms with Crippen LogP contribution in [0.5, 0.6) is 0 Å². The van der Waals surface area contributed by atoms with Gasteiger partial charge in [0.15, 0.2) is 0 Å². The van der Waals surface area contributed by atoms with Gasteiger partial charge >= 0.3 is 227 Å². The zero-order chi connectivity index (χ0) is 0. The normalized spacial score (nSPS) is 0. The van der Waals surface area contributed by atoms with Gasteiger partial charge in [0.05, 0.1) is 0 Å². The molecule has 0 atom stereocenters. The molecule has 0 aliphatic heterocycles. The van der Waals surface area contributed by atoms with Gasteiger partial charge in [-0.1, -0.05) is 0 Å². The molecule has 0 bridgehead atoms. The quantitative estimate of drug-likeness (QED) is 0.211. The molecule has 30 heavy (non-hydrogen) atoms. The maximum absolute atomic E-state index is 0. The van der Waals surface area contributed by atoms with Gasteiger partial charge in [-0.05, 0) is 0 Å². The molecular weight excluding hydrogens is 724 g/mol. The molecule has 0 saturated heterocycles. The van der Waals surface area contributed by atoms with Crippen LogP contribution in [0.4, 0.5) is 0 Å². The molecule has 0 heterocycles. The van der Waals surface area contributed by atoms with Crippen molar-refractivity contribution in [3.8, 4) is 0 Å². The van der Waals surface area contributed by atoms with E-state index in [0.717, 1.165) is 0 Å². The molecule has 0 amide bonds. The molecule has 0 rings (SSSR count). The number of hydrogen-bond acceptors (Lipinski definition) is 0. The first-order chi connectivity index (χ1) is 0. The molecule has 0 aliphatic carbocycles. The summed E-state index contributed by atoms with van der Waals surface area (Å²) in [6.45, 7) is 0. The van der Waals surface area contributed by atoms with Gasteiger partial charge in [-0.15, -0.1) is 0 Å². The van der Waals surface area contributed by atoms with E-state index < -0.39 is 0 Å². The largest absolute Gasteiger partial charge is 3.00 e. The van der Waals surface area contributed by atoms with Crippen molar-refractivity contribution in [1.82, 2.24) is 0 Å². The Bertz CT molecular complexity index is 34.1. The summed E-state index contributed by atoms with van der Waals surface area (Å²) in [5.41, 5.74) is 0. The Morgan fingerprint density at radius 2 is 0.100 bits per heavy atom. The van der Waals surface area contributed by atoms with Crippen molar-refractivity contribution < 1.29 is 134 Å². The van der Waals surface area contributed by atoms with Gasteiger partial charge in [-0.2, -0.15) is 0 Å². The second-order valence-corrected chi connectivity index (χ2v) is 0. The van der Waals surface area contributed by atoms with E-state index in [1.165, 1.54) is 0 Å². The molecule has 144 valence electrons. The van der Waals surface area contributed by atoms with Gasteiger partial charge in [-0.3, -0.25) is 0 Å². The Balaban J connectivity index is 0. The van der Waals surface area contributed by atoms with Crippen LogP contribution in [0.15, 0.2) is 0 Å². The van der Waals surface area contributed by atoms with Crippen LogP contribution in [0.3, 0.4) is 0 Å². The average Bonchev–Trinajstić information content (AvgIpc) is 0. The fraction of sp³-hybridized carbons (Fsp3) is 0. The van der Waals surface area contributed by atoms with Crippen molar-refractivity contribution in [3.05, 3.63) is 0 Å². The first kappa shape index (κ1) is 1130. The standard InChI is InChI=1S/11Al.La.18O/q12*+3;18*-2. The van der Waals surface area contributed by atoms with Crippen molar-refractivity contribution in [1.29, 1.82) is 0 Å². The molecule has 0 aliphatic rings. The minimum Gasteiger partial charge on any atom is -2.00 e. The summed E-state index contributed by atoms with van der Waals surface area (Å²) in [5.74, 6) is 0. The molecule has 18 nitrogen and oxygen atoms in total. The summed E-state index contributed by atoms with van der Waals surface area (Å²) in [4.78, 5) is 0. The SMILES string of the molecule is [Al+3].[Al+3].[Al+3].[Al+3].[Al+3].[Al+3].[Al+3].[Al+3].[Al+3].[Al+3].[Al+3].[La+3].[O-2].[O-2].[O-2].[O-2].[O-2].[O-2].[O-2].[O-2].[O-2].[O-2].[O-2].[O-2].[O-2].[O-2].[O-2].[O-2].[O-2].[O-2]. The Morgan fingerprint density at radius 3 is 0.100 bits per heavy atom. The molecule has 0 aromatic carbocycles. The third-order valence-corrected chi connectivity index (χ3v) is 0. The molecule has 0 radical (unpaired) electrons. The van der Waals surface area contributed by atoms with E-state index in [9.17, 15) is 0 Å². The molecule has 0 N–H and O–H groups in total. The van der Waals surface area contributed by atoms with Gasteiger partial charge in [0.25, 0.3) is 0 Å². The minimum absolute atomic E-state index is 0. The predicted octanol–water partition coefficient (Wildman–Crippen LogP) is -6.33. The summed E-state index contributed by atoms with van der Waals surface area (Å²) >= 11 is 0. The third-order valence-electron chi connectivity index (χ3n) is 0. The summed E-state index contributed by atoms with van der Waals surface area (Å²) in [7, 11) is 0. The molecule has 0 aromatic heterocycles. The molecule has 30 heteroatoms. The number of rotatable bonds is 0. The third kappa shape index (κ3) is 951. The predicted molar refractivity (Wildman–Crippen MR) is 75.7 cm³/mol. The molecule has 0 fully saturated rings. The summed E-state index contributed by atoms with van der Waals surface area (Å²) in [6.07, 6.45) is 0. The van der Waals surface area contributed by atoms with Gasteiger partial charge in [0.1, 0.15) is 0 Å². The van der Waals surface area contributed by atoms with Crippen LogP contribution >= 0.6 is 0 Å². The summed E-state index contributed by atoms with van der Waals surface area (Å²) in [6, 6.07) is 0. The first-order valence-corrected chi connectivity index (χ1v) is 0. The van der Waals surface area contributed by atoms with Crippen molar-refractivity contribution in [2.24, 2.45) is 0 Å². The topological polar surface area (TPSA) is 513 Å². The monoisotopic (exact) mass is 724 g/mol. The van der Waals surface area contributed by atoms with Crippen molar-refractivity contribution in [2.45, 2.75) is 0 Å². The van der Waals surface area contributed by atoms with Crippen LogP contribution in [-0.4, -0.2) is 191 Å². The second kappa shape index (κ2) is 1040. The Morgan fingerprint density at radius 1 is 0.100 bits per heavy atom. The van der Waals surface area contributed by atoms with Crippen LogP contribution in [0.25, 0.3) is 0 Å². The Labute approximate surface area is 320 Å². The Hall–Kier alpha value is 6.33. The zero-order valence-electron chi connectivity index (χ0n) is 14.3. The minimum atomic E-state index is 0. The van der Waals surface area contributed by atoms with Crippen LogP contribution in [0, 0.1) is 35.6 Å². The van der Waals surface area contributed by atoms with Gasteiger partial charge in [0, 0.05) is 0 Å². The smallest absolute Gasteiger partial charge is 2.00 e. The van der Waals surface area contributed by atoms with E-state index >= 15 is 0 Å². The van der Waals surface area contributed by atoms with E-state index in [0.29, 0.717) is 0 Å². The van der Waals surface area contributed by atoms with Crippen molar-refractivity contribution in [3.63, 3.8) is 0 Å². The number of hydrogen-bond donors (Lipinski definition) is 0. The molecule has 0 spiro atoms. The second-order valence-electron chi connectivity index (χ2n) is 0. The fourth-order valence-corrected chi connectivity index (χ4v) is 0. The zero-order valence-corrected chi connectivity index (χ0v) is 30.6. The van der Waals surface area contributed by atoms with Crippen molar-refractivity contribution >= 4 is 191 Å². The Kier molecular flexibility index (Phi) is 39200. The molecule has 0 aromatic rings. The van der Waals surface area contributed by atoms with E-state index in [-0.39, 0.29) is 325 Å². The average molecular weight is 724 g/mol. The molecule has 0 unspecified atom stereocenters. The van der Waals surface area contributed by atoms with E-state index in [2.05, 4.69) is 0 Å². The van der Waals surface area contributed by atoms with E-state index in [1.54, 1.807) is 0 Å². The molecule has 0 saturated carbocycles. The van der Waals surface area contributed by atoms with E-state index in [1.807, 2.05) is 0 Å². The van der Waals surface area contributed by atoms with Crippen LogP contribution in [-0.2, 0) is 98.6 Å². The van der Waals surface area contributed by atoms with E-state index in [4.69, 9.17) is 0 Å².